The highest BCUT2D eigenvalue weighted by atomic mass is 14.5. The molecule has 18 heavy (non-hydrogen) atoms. The molecule has 0 bridgehead atoms. The van der Waals surface area contributed by atoms with Crippen molar-refractivity contribution < 1.29 is 0 Å². The van der Waals surface area contributed by atoms with Gasteiger partial charge in [-0.3, -0.25) is 0 Å². The van der Waals surface area contributed by atoms with E-state index in [-0.39, 0.29) is 0 Å². The number of rotatable bonds is 8. The van der Waals surface area contributed by atoms with E-state index >= 15 is 0 Å². The second kappa shape index (κ2) is 8.10. The predicted octanol–water partition coefficient (Wildman–Crippen LogP) is 4.59. The molecule has 1 nitrogen and oxygen atoms in total. The molecule has 0 radical (unpaired) electrons. The van der Waals surface area contributed by atoms with Crippen molar-refractivity contribution in [2.75, 3.05) is 6.54 Å². The first-order chi connectivity index (χ1) is 8.72. The van der Waals surface area contributed by atoms with Crippen LogP contribution in [-0.2, 0) is 0 Å². The average Bonchev–Trinajstić information content (AvgIpc) is 2.43. The van der Waals surface area contributed by atoms with Gasteiger partial charge in [-0.25, -0.2) is 0 Å². The largest absolute Gasteiger partial charge is 0.330 e. The number of benzene rings is 1. The predicted molar refractivity (Wildman–Crippen MR) is 81.6 cm³/mol. The summed E-state index contributed by atoms with van der Waals surface area (Å²) >= 11 is 0. The maximum absolute atomic E-state index is 5.64. The summed E-state index contributed by atoms with van der Waals surface area (Å²) in [5, 5.41) is 0. The van der Waals surface area contributed by atoms with E-state index in [2.05, 4.69) is 44.7 Å². The van der Waals surface area contributed by atoms with E-state index in [4.69, 9.17) is 5.73 Å². The summed E-state index contributed by atoms with van der Waals surface area (Å²) in [4.78, 5) is 0. The first-order valence-electron chi connectivity index (χ1n) is 7.15. The fraction of sp³-hybridized carbons (Fsp3) is 0.529. The molecule has 0 aromatic heterocycles. The van der Waals surface area contributed by atoms with Gasteiger partial charge in [0.1, 0.15) is 0 Å². The van der Waals surface area contributed by atoms with Crippen molar-refractivity contribution in [3.05, 3.63) is 42.0 Å². The molecule has 0 aliphatic carbocycles. The third-order valence-corrected chi connectivity index (χ3v) is 3.84. The first-order valence-corrected chi connectivity index (χ1v) is 7.15. The van der Waals surface area contributed by atoms with Gasteiger partial charge in [0.2, 0.25) is 0 Å². The van der Waals surface area contributed by atoms with Crippen molar-refractivity contribution in [3.8, 4) is 0 Å². The van der Waals surface area contributed by atoms with Gasteiger partial charge in [-0.15, -0.1) is 0 Å². The van der Waals surface area contributed by atoms with Gasteiger partial charge in [0.15, 0.2) is 0 Å². The molecule has 0 saturated heterocycles. The SMILES string of the molecule is C=Cc1ccc(C(C)C(CCC)CCCN)cc1. The monoisotopic (exact) mass is 245 g/mol. The van der Waals surface area contributed by atoms with Gasteiger partial charge in [0.25, 0.3) is 0 Å². The zero-order valence-corrected chi connectivity index (χ0v) is 11.9. The Morgan fingerprint density at radius 2 is 1.89 bits per heavy atom. The fourth-order valence-corrected chi connectivity index (χ4v) is 2.60. The van der Waals surface area contributed by atoms with Gasteiger partial charge in [0, 0.05) is 0 Å². The Morgan fingerprint density at radius 3 is 2.39 bits per heavy atom. The lowest BCUT2D eigenvalue weighted by Crippen LogP contribution is -2.12. The van der Waals surface area contributed by atoms with Crippen LogP contribution in [0.4, 0.5) is 0 Å². The van der Waals surface area contributed by atoms with E-state index in [0.717, 1.165) is 18.9 Å². The van der Waals surface area contributed by atoms with Crippen LogP contribution in [0.5, 0.6) is 0 Å². The topological polar surface area (TPSA) is 26.0 Å². The number of nitrogens with two attached hydrogens (primary N) is 1. The van der Waals surface area contributed by atoms with Gasteiger partial charge in [-0.1, -0.05) is 63.6 Å². The van der Waals surface area contributed by atoms with Gasteiger partial charge in [-0.2, -0.15) is 0 Å². The summed E-state index contributed by atoms with van der Waals surface area (Å²) in [5.41, 5.74) is 8.27. The van der Waals surface area contributed by atoms with E-state index in [0.29, 0.717) is 5.92 Å². The molecule has 1 aromatic carbocycles. The lowest BCUT2D eigenvalue weighted by Gasteiger charge is -2.24. The molecule has 1 rings (SSSR count). The molecular weight excluding hydrogens is 218 g/mol. The summed E-state index contributed by atoms with van der Waals surface area (Å²) in [5.74, 6) is 1.38. The van der Waals surface area contributed by atoms with Crippen molar-refractivity contribution in [2.24, 2.45) is 11.7 Å². The fourth-order valence-electron chi connectivity index (χ4n) is 2.60. The maximum atomic E-state index is 5.64. The highest BCUT2D eigenvalue weighted by Gasteiger charge is 2.17. The Kier molecular flexibility index (Phi) is 6.74. The second-order valence-electron chi connectivity index (χ2n) is 5.14. The average molecular weight is 245 g/mol. The molecule has 1 heteroatoms. The van der Waals surface area contributed by atoms with Crippen LogP contribution in [0, 0.1) is 5.92 Å². The highest BCUT2D eigenvalue weighted by molar-refractivity contribution is 5.47. The van der Waals surface area contributed by atoms with Crippen LogP contribution in [0.15, 0.2) is 30.8 Å². The van der Waals surface area contributed by atoms with Crippen molar-refractivity contribution >= 4 is 6.08 Å². The van der Waals surface area contributed by atoms with E-state index in [1.807, 2.05) is 6.08 Å². The molecule has 0 aliphatic rings. The minimum absolute atomic E-state index is 0.621. The zero-order valence-electron chi connectivity index (χ0n) is 11.9. The van der Waals surface area contributed by atoms with Crippen molar-refractivity contribution in [1.82, 2.24) is 0 Å². The Morgan fingerprint density at radius 1 is 1.22 bits per heavy atom. The summed E-state index contributed by atoms with van der Waals surface area (Å²) < 4.78 is 0. The van der Waals surface area contributed by atoms with Crippen LogP contribution in [-0.4, -0.2) is 6.54 Å². The summed E-state index contributed by atoms with van der Waals surface area (Å²) in [6, 6.07) is 8.80. The van der Waals surface area contributed by atoms with E-state index in [9.17, 15) is 0 Å². The van der Waals surface area contributed by atoms with Gasteiger partial charge >= 0.3 is 0 Å². The molecule has 2 N–H and O–H groups in total. The Labute approximate surface area is 112 Å². The van der Waals surface area contributed by atoms with Gasteiger partial charge in [-0.05, 0) is 42.3 Å². The van der Waals surface area contributed by atoms with Crippen molar-refractivity contribution in [1.29, 1.82) is 0 Å². The molecule has 0 fully saturated rings. The molecule has 1 aromatic rings. The van der Waals surface area contributed by atoms with Gasteiger partial charge < -0.3 is 5.73 Å². The number of hydrogen-bond donors (Lipinski definition) is 1. The quantitative estimate of drug-likeness (QED) is 0.712. The second-order valence-corrected chi connectivity index (χ2v) is 5.14. The number of hydrogen-bond acceptors (Lipinski definition) is 1. The van der Waals surface area contributed by atoms with Crippen LogP contribution in [0.25, 0.3) is 6.08 Å². The Bertz CT molecular complexity index is 339. The van der Waals surface area contributed by atoms with Crippen LogP contribution in [0.3, 0.4) is 0 Å². The Balaban J connectivity index is 2.72. The summed E-state index contributed by atoms with van der Waals surface area (Å²) in [7, 11) is 0. The molecular formula is C17H27N. The van der Waals surface area contributed by atoms with Gasteiger partial charge in [0.05, 0.1) is 0 Å². The smallest absolute Gasteiger partial charge is 0.00772 e. The summed E-state index contributed by atoms with van der Waals surface area (Å²) in [6.45, 7) is 9.22. The minimum Gasteiger partial charge on any atom is -0.330 e. The molecule has 0 heterocycles. The molecule has 0 aliphatic heterocycles. The van der Waals surface area contributed by atoms with E-state index < -0.39 is 0 Å². The van der Waals surface area contributed by atoms with Crippen molar-refractivity contribution in [2.45, 2.75) is 45.4 Å². The third kappa shape index (κ3) is 4.30. The summed E-state index contributed by atoms with van der Waals surface area (Å²) in [6.07, 6.45) is 6.83. The zero-order chi connectivity index (χ0) is 13.4. The first kappa shape index (κ1) is 15.0. The minimum atomic E-state index is 0.621. The molecule has 2 atom stereocenters. The molecule has 0 spiro atoms. The maximum Gasteiger partial charge on any atom is -0.00772 e. The van der Waals surface area contributed by atoms with E-state index in [1.165, 1.54) is 30.4 Å². The molecule has 0 saturated carbocycles. The van der Waals surface area contributed by atoms with Crippen LogP contribution < -0.4 is 5.73 Å². The molecule has 0 amide bonds. The van der Waals surface area contributed by atoms with Crippen LogP contribution in [0.2, 0.25) is 0 Å². The van der Waals surface area contributed by atoms with E-state index in [1.54, 1.807) is 0 Å². The van der Waals surface area contributed by atoms with Crippen LogP contribution >= 0.6 is 0 Å². The lowest BCUT2D eigenvalue weighted by atomic mass is 9.81. The molecule has 100 valence electrons. The van der Waals surface area contributed by atoms with Crippen molar-refractivity contribution in [3.63, 3.8) is 0 Å². The molecule has 2 unspecified atom stereocenters. The highest BCUT2D eigenvalue weighted by Crippen LogP contribution is 2.31. The third-order valence-electron chi connectivity index (χ3n) is 3.84. The van der Waals surface area contributed by atoms with Crippen LogP contribution in [0.1, 0.15) is 56.6 Å². The lowest BCUT2D eigenvalue weighted by molar-refractivity contribution is 0.376. The normalized spacial score (nSPS) is 14.2. The Hall–Kier alpha value is -1.08. The standard InChI is InChI=1S/C17H27N/c1-4-7-16(8-6-13-18)14(3)17-11-9-15(5-2)10-12-17/h5,9-12,14,16H,2,4,6-8,13,18H2,1,3H3.